The molecule has 5 nitrogen and oxygen atoms in total. The Hall–Kier alpha value is -1.74. The van der Waals surface area contributed by atoms with E-state index in [2.05, 4.69) is 59.5 Å². The molecule has 0 aliphatic heterocycles. The quantitative estimate of drug-likeness (QED) is 0.228. The Balaban J connectivity index is 1.58. The number of aliphatic imine (C=N–C) groups is 1. The Labute approximate surface area is 223 Å². The summed E-state index contributed by atoms with van der Waals surface area (Å²) in [4.78, 5) is 41.8. The van der Waals surface area contributed by atoms with Crippen molar-refractivity contribution in [3.05, 3.63) is 11.6 Å². The second-order valence-corrected chi connectivity index (χ2v) is 15.4. The predicted octanol–water partition coefficient (Wildman–Crippen LogP) is 6.99. The fourth-order valence-electron chi connectivity index (χ4n) is 10.8. The lowest BCUT2D eigenvalue weighted by Crippen LogP contribution is -2.66. The molecule has 0 spiro atoms. The maximum atomic E-state index is 14.4. The molecule has 1 unspecified atom stereocenters. The van der Waals surface area contributed by atoms with E-state index in [1.807, 2.05) is 6.08 Å². The smallest absolute Gasteiger partial charge is 0.302 e. The number of ketones is 1. The molecule has 5 aliphatic carbocycles. The number of ether oxygens (including phenoxy) is 1. The van der Waals surface area contributed by atoms with Crippen LogP contribution >= 0.6 is 0 Å². The Morgan fingerprint density at radius 2 is 1.65 bits per heavy atom. The molecule has 0 saturated heterocycles. The molecule has 0 amide bonds. The van der Waals surface area contributed by atoms with E-state index >= 15 is 0 Å². The number of carbonyl (C=O) groups is 2. The van der Waals surface area contributed by atoms with Gasteiger partial charge in [0.05, 0.1) is 5.54 Å². The average Bonchev–Trinajstić information content (AvgIpc) is 2.78. The fraction of sp³-hybridized carbons (Fsp3) is 0.844. The van der Waals surface area contributed by atoms with E-state index in [1.54, 1.807) is 0 Å². The minimum atomic E-state index is -0.394. The van der Waals surface area contributed by atoms with Crippen LogP contribution in [0.4, 0.5) is 0 Å². The van der Waals surface area contributed by atoms with Gasteiger partial charge in [0.1, 0.15) is 6.10 Å². The summed E-state index contributed by atoms with van der Waals surface area (Å²) in [5.74, 6) is 0.662. The first kappa shape index (κ1) is 26.9. The van der Waals surface area contributed by atoms with Crippen molar-refractivity contribution in [1.29, 1.82) is 0 Å². The number of allylic oxidation sites excluding steroid dienone is 2. The molecule has 37 heavy (non-hydrogen) atoms. The third kappa shape index (κ3) is 3.55. The number of nitrogens with zero attached hydrogens (tertiary/aromatic N) is 1. The second-order valence-electron chi connectivity index (χ2n) is 15.4. The summed E-state index contributed by atoms with van der Waals surface area (Å²) in [6.07, 6.45) is 12.7. The van der Waals surface area contributed by atoms with E-state index in [0.29, 0.717) is 11.7 Å². The van der Waals surface area contributed by atoms with Crippen molar-refractivity contribution in [2.24, 2.45) is 49.8 Å². The number of isocyanates is 1. The average molecular weight is 510 g/mol. The molecule has 5 rings (SSSR count). The van der Waals surface area contributed by atoms with Gasteiger partial charge in [0.15, 0.2) is 5.78 Å². The summed E-state index contributed by atoms with van der Waals surface area (Å²) < 4.78 is 5.83. The molecule has 4 saturated carbocycles. The highest BCUT2D eigenvalue weighted by Gasteiger charge is 2.70. The molecule has 0 N–H and O–H groups in total. The largest absolute Gasteiger partial charge is 0.462 e. The van der Waals surface area contributed by atoms with Gasteiger partial charge in [0.2, 0.25) is 6.08 Å². The van der Waals surface area contributed by atoms with Gasteiger partial charge >= 0.3 is 5.97 Å². The first-order valence-electron chi connectivity index (χ1n) is 14.6. The normalized spacial score (nSPS) is 50.3. The first-order valence-corrected chi connectivity index (χ1v) is 14.6. The molecule has 9 atom stereocenters. The Bertz CT molecular complexity index is 1100. The van der Waals surface area contributed by atoms with E-state index in [0.717, 1.165) is 57.8 Å². The first-order chi connectivity index (χ1) is 17.1. The molecule has 0 heterocycles. The second kappa shape index (κ2) is 8.13. The van der Waals surface area contributed by atoms with Crippen LogP contribution < -0.4 is 0 Å². The molecule has 0 bridgehead atoms. The Kier molecular flexibility index (Phi) is 5.90. The minimum absolute atomic E-state index is 0.0302. The highest BCUT2D eigenvalue weighted by atomic mass is 16.5. The summed E-state index contributed by atoms with van der Waals surface area (Å²) in [5.41, 5.74) is 0.628. The van der Waals surface area contributed by atoms with Crippen molar-refractivity contribution in [3.8, 4) is 0 Å². The van der Waals surface area contributed by atoms with E-state index in [4.69, 9.17) is 4.74 Å². The van der Waals surface area contributed by atoms with Gasteiger partial charge in [-0.25, -0.2) is 4.79 Å². The summed E-state index contributed by atoms with van der Waals surface area (Å²) in [7, 11) is 0. The predicted molar refractivity (Wildman–Crippen MR) is 143 cm³/mol. The Morgan fingerprint density at radius 3 is 2.30 bits per heavy atom. The standard InChI is InChI=1S/C32H47NO4/c1-20(35)37-25-10-11-30(6)24(27(25,2)3)9-12-32(8)26(30)23(36)17-21-22-18-29(5,33-19-34)15-13-28(22,4)14-16-31(21,32)7/h17,22,24-26H,9-16,18H2,1-8H3/t22?,24-,25-,26+,28+,29-,30-,31+,32+/m0/s1. The third-order valence-electron chi connectivity index (χ3n) is 13.1. The molecule has 0 aromatic carbocycles. The molecule has 4 fully saturated rings. The van der Waals surface area contributed by atoms with Crippen LogP contribution in [0, 0.1) is 44.8 Å². The number of esters is 1. The highest BCUT2D eigenvalue weighted by Crippen LogP contribution is 2.75. The molecule has 0 aromatic rings. The van der Waals surface area contributed by atoms with Crippen molar-refractivity contribution < 1.29 is 19.1 Å². The molecular weight excluding hydrogens is 462 g/mol. The van der Waals surface area contributed by atoms with Gasteiger partial charge in [-0.05, 0) is 104 Å². The molecule has 0 aromatic heterocycles. The number of fused-ring (bicyclic) bond motifs is 7. The molecule has 0 radical (unpaired) electrons. The molecule has 5 heteroatoms. The van der Waals surface area contributed by atoms with Crippen LogP contribution in [0.25, 0.3) is 0 Å². The van der Waals surface area contributed by atoms with Gasteiger partial charge in [0, 0.05) is 18.3 Å². The maximum Gasteiger partial charge on any atom is 0.302 e. The van der Waals surface area contributed by atoms with Crippen LogP contribution in [-0.2, 0) is 19.1 Å². The Morgan fingerprint density at radius 1 is 0.973 bits per heavy atom. The topological polar surface area (TPSA) is 72.8 Å². The van der Waals surface area contributed by atoms with Gasteiger partial charge in [-0.1, -0.05) is 47.1 Å². The third-order valence-corrected chi connectivity index (χ3v) is 13.1. The number of hydrogen-bond donors (Lipinski definition) is 0. The zero-order valence-corrected chi connectivity index (χ0v) is 24.3. The van der Waals surface area contributed by atoms with Crippen LogP contribution in [0.5, 0.6) is 0 Å². The van der Waals surface area contributed by atoms with Crippen LogP contribution in [0.1, 0.15) is 113 Å². The van der Waals surface area contributed by atoms with Crippen LogP contribution in [0.15, 0.2) is 16.6 Å². The zero-order valence-electron chi connectivity index (χ0n) is 24.3. The van der Waals surface area contributed by atoms with Gasteiger partial charge < -0.3 is 4.74 Å². The monoisotopic (exact) mass is 509 g/mol. The SMILES string of the molecule is CC(=O)O[C@H]1CC[C@]2(C)[C@H]3C(=O)C=C4C5C[C@@](C)(N=C=O)CC[C@]5(C)CC[C@@]4(C)[C@]3(C)CC[C@H]2C1(C)C. The van der Waals surface area contributed by atoms with E-state index in [9.17, 15) is 14.4 Å². The van der Waals surface area contributed by atoms with Crippen LogP contribution in [0.3, 0.4) is 0 Å². The molecular formula is C32H47NO4. The summed E-state index contributed by atoms with van der Waals surface area (Å²) >= 11 is 0. The van der Waals surface area contributed by atoms with Gasteiger partial charge in [-0.3, -0.25) is 9.59 Å². The molecule has 5 aliphatic rings. The van der Waals surface area contributed by atoms with Crippen LogP contribution in [0.2, 0.25) is 0 Å². The van der Waals surface area contributed by atoms with Crippen LogP contribution in [-0.4, -0.2) is 29.5 Å². The number of rotatable bonds is 2. The van der Waals surface area contributed by atoms with E-state index in [1.165, 1.54) is 12.5 Å². The lowest BCUT2D eigenvalue weighted by molar-refractivity contribution is -0.209. The van der Waals surface area contributed by atoms with Gasteiger partial charge in [0.25, 0.3) is 0 Å². The fourth-order valence-corrected chi connectivity index (χ4v) is 10.8. The minimum Gasteiger partial charge on any atom is -0.462 e. The lowest BCUT2D eigenvalue weighted by Gasteiger charge is -2.70. The van der Waals surface area contributed by atoms with Crippen molar-refractivity contribution in [3.63, 3.8) is 0 Å². The summed E-state index contributed by atoms with van der Waals surface area (Å²) in [5, 5.41) is 0. The van der Waals surface area contributed by atoms with Gasteiger partial charge in [-0.2, -0.15) is 4.99 Å². The number of hydrogen-bond acceptors (Lipinski definition) is 5. The van der Waals surface area contributed by atoms with Crippen molar-refractivity contribution in [2.75, 3.05) is 0 Å². The summed E-state index contributed by atoms with van der Waals surface area (Å²) in [6.45, 7) is 17.7. The maximum absolute atomic E-state index is 14.4. The summed E-state index contributed by atoms with van der Waals surface area (Å²) in [6, 6.07) is 0. The lowest BCUT2D eigenvalue weighted by atomic mass is 9.33. The zero-order chi connectivity index (χ0) is 27.2. The number of carbonyl (C=O) groups excluding carboxylic acids is 3. The van der Waals surface area contributed by atoms with Gasteiger partial charge in [-0.15, -0.1) is 0 Å². The van der Waals surface area contributed by atoms with Crippen molar-refractivity contribution >= 4 is 17.8 Å². The van der Waals surface area contributed by atoms with E-state index in [-0.39, 0.29) is 51.0 Å². The van der Waals surface area contributed by atoms with Crippen molar-refractivity contribution in [2.45, 2.75) is 125 Å². The molecule has 204 valence electrons. The van der Waals surface area contributed by atoms with Crippen molar-refractivity contribution in [1.82, 2.24) is 0 Å². The van der Waals surface area contributed by atoms with E-state index < -0.39 is 5.54 Å². The highest BCUT2D eigenvalue weighted by molar-refractivity contribution is 5.95.